The lowest BCUT2D eigenvalue weighted by molar-refractivity contribution is 0.459. The van der Waals surface area contributed by atoms with Gasteiger partial charge in [-0.2, -0.15) is 0 Å². The van der Waals surface area contributed by atoms with Gasteiger partial charge >= 0.3 is 0 Å². The second kappa shape index (κ2) is 6.92. The summed E-state index contributed by atoms with van der Waals surface area (Å²) in [5, 5.41) is 20.1. The van der Waals surface area contributed by atoms with Crippen molar-refractivity contribution in [1.29, 1.82) is 0 Å². The summed E-state index contributed by atoms with van der Waals surface area (Å²) in [6, 6.07) is 13.1. The standard InChI is InChI=1S/C21H21N5O2/c1-4-26-20(28)14-7-5-6-8-16(14)23-21(26)25-24-18-15-11-13(12(2)3)9-10-17(15)22-19(18)27/h5-12,22,27H,4H2,1-3H3. The Morgan fingerprint density at radius 1 is 1.14 bits per heavy atom. The predicted octanol–water partition coefficient (Wildman–Crippen LogP) is 5.14. The first-order valence-electron chi connectivity index (χ1n) is 9.25. The van der Waals surface area contributed by atoms with Crippen molar-refractivity contribution >= 4 is 33.4 Å². The summed E-state index contributed by atoms with van der Waals surface area (Å²) in [5.74, 6) is 0.490. The van der Waals surface area contributed by atoms with Crippen LogP contribution in [0.5, 0.6) is 5.88 Å². The summed E-state index contributed by atoms with van der Waals surface area (Å²) in [5.41, 5.74) is 2.65. The Balaban J connectivity index is 1.87. The van der Waals surface area contributed by atoms with Gasteiger partial charge in [-0.25, -0.2) is 4.98 Å². The van der Waals surface area contributed by atoms with E-state index in [4.69, 9.17) is 0 Å². The molecule has 0 aliphatic carbocycles. The molecule has 0 spiro atoms. The van der Waals surface area contributed by atoms with Crippen molar-refractivity contribution in [3.05, 3.63) is 58.4 Å². The predicted molar refractivity (Wildman–Crippen MR) is 110 cm³/mol. The van der Waals surface area contributed by atoms with Crippen LogP contribution in [0.2, 0.25) is 0 Å². The van der Waals surface area contributed by atoms with Gasteiger partial charge in [0.2, 0.25) is 5.88 Å². The van der Waals surface area contributed by atoms with Gasteiger partial charge in [-0.15, -0.1) is 10.2 Å². The van der Waals surface area contributed by atoms with Crippen molar-refractivity contribution in [1.82, 2.24) is 14.5 Å². The number of fused-ring (bicyclic) bond motifs is 2. The highest BCUT2D eigenvalue weighted by atomic mass is 16.3. The fourth-order valence-corrected chi connectivity index (χ4v) is 3.25. The molecule has 4 rings (SSSR count). The van der Waals surface area contributed by atoms with Gasteiger partial charge < -0.3 is 10.1 Å². The van der Waals surface area contributed by atoms with Crippen LogP contribution in [-0.2, 0) is 6.54 Å². The molecule has 0 unspecified atom stereocenters. The molecule has 2 aromatic heterocycles. The van der Waals surface area contributed by atoms with Crippen LogP contribution in [0.1, 0.15) is 32.3 Å². The zero-order valence-corrected chi connectivity index (χ0v) is 16.0. The fraction of sp³-hybridized carbons (Fsp3) is 0.238. The smallest absolute Gasteiger partial charge is 0.262 e. The van der Waals surface area contributed by atoms with Crippen molar-refractivity contribution in [2.24, 2.45) is 10.2 Å². The van der Waals surface area contributed by atoms with Crippen LogP contribution in [0, 0.1) is 0 Å². The summed E-state index contributed by atoms with van der Waals surface area (Å²) in [7, 11) is 0. The molecular weight excluding hydrogens is 354 g/mol. The highest BCUT2D eigenvalue weighted by Gasteiger charge is 2.14. The lowest BCUT2D eigenvalue weighted by Crippen LogP contribution is -2.20. The summed E-state index contributed by atoms with van der Waals surface area (Å²) < 4.78 is 1.47. The molecule has 2 N–H and O–H groups in total. The topological polar surface area (TPSA) is 95.6 Å². The Morgan fingerprint density at radius 2 is 1.93 bits per heavy atom. The number of rotatable bonds is 4. The molecule has 2 aromatic carbocycles. The van der Waals surface area contributed by atoms with Crippen molar-refractivity contribution < 1.29 is 5.11 Å². The monoisotopic (exact) mass is 375 g/mol. The van der Waals surface area contributed by atoms with Crippen LogP contribution < -0.4 is 5.56 Å². The first kappa shape index (κ1) is 17.9. The van der Waals surface area contributed by atoms with E-state index in [9.17, 15) is 9.90 Å². The number of nitrogens with zero attached hydrogens (tertiary/aromatic N) is 4. The molecule has 2 heterocycles. The van der Waals surface area contributed by atoms with Crippen LogP contribution in [0.4, 0.5) is 11.6 Å². The van der Waals surface area contributed by atoms with Gasteiger partial charge in [0.25, 0.3) is 11.5 Å². The molecule has 0 bridgehead atoms. The average molecular weight is 375 g/mol. The molecule has 0 saturated heterocycles. The van der Waals surface area contributed by atoms with Crippen molar-refractivity contribution in [2.45, 2.75) is 33.2 Å². The van der Waals surface area contributed by atoms with E-state index in [-0.39, 0.29) is 17.4 Å². The molecule has 7 nitrogen and oxygen atoms in total. The summed E-state index contributed by atoms with van der Waals surface area (Å²) in [6.45, 7) is 6.49. The van der Waals surface area contributed by atoms with E-state index >= 15 is 0 Å². The third-order valence-electron chi connectivity index (χ3n) is 4.84. The minimum Gasteiger partial charge on any atom is -0.493 e. The van der Waals surface area contributed by atoms with Gasteiger partial charge in [0.1, 0.15) is 0 Å². The Hall–Kier alpha value is -3.48. The molecule has 0 amide bonds. The molecule has 0 saturated carbocycles. The number of aromatic nitrogens is 3. The number of hydrogen-bond acceptors (Lipinski definition) is 5. The summed E-state index contributed by atoms with van der Waals surface area (Å²) >= 11 is 0. The van der Waals surface area contributed by atoms with Crippen molar-refractivity contribution in [3.63, 3.8) is 0 Å². The maximum Gasteiger partial charge on any atom is 0.262 e. The number of aromatic amines is 1. The van der Waals surface area contributed by atoms with Gasteiger partial charge in [0.05, 0.1) is 16.4 Å². The lowest BCUT2D eigenvalue weighted by Gasteiger charge is -2.07. The second-order valence-electron chi connectivity index (χ2n) is 6.96. The number of H-pyrrole nitrogens is 1. The number of hydrogen-bond donors (Lipinski definition) is 2. The fourth-order valence-electron chi connectivity index (χ4n) is 3.25. The highest BCUT2D eigenvalue weighted by molar-refractivity contribution is 5.94. The van der Waals surface area contributed by atoms with E-state index in [1.54, 1.807) is 12.1 Å². The van der Waals surface area contributed by atoms with Crippen LogP contribution in [0.25, 0.3) is 21.8 Å². The van der Waals surface area contributed by atoms with E-state index in [2.05, 4.69) is 34.0 Å². The molecule has 7 heteroatoms. The maximum atomic E-state index is 12.7. The number of azo groups is 1. The molecule has 142 valence electrons. The van der Waals surface area contributed by atoms with E-state index in [1.807, 2.05) is 37.3 Å². The average Bonchev–Trinajstić information content (AvgIpc) is 3.00. The normalized spacial score (nSPS) is 12.0. The lowest BCUT2D eigenvalue weighted by atomic mass is 10.0. The number of nitrogens with one attached hydrogen (secondary N) is 1. The van der Waals surface area contributed by atoms with Crippen LogP contribution >= 0.6 is 0 Å². The molecule has 0 aliphatic heterocycles. The highest BCUT2D eigenvalue weighted by Crippen LogP contribution is 2.37. The molecular formula is C21H21N5O2. The first-order chi connectivity index (χ1) is 13.5. The summed E-state index contributed by atoms with van der Waals surface area (Å²) in [4.78, 5) is 20.1. The molecule has 4 aromatic rings. The number of para-hydroxylation sites is 1. The van der Waals surface area contributed by atoms with Gasteiger partial charge in [-0.3, -0.25) is 9.36 Å². The van der Waals surface area contributed by atoms with E-state index in [0.717, 1.165) is 16.5 Å². The largest absolute Gasteiger partial charge is 0.493 e. The SMILES string of the molecule is CCn1c(N=Nc2c(O)[nH]c3ccc(C(C)C)cc23)nc2ccccc2c1=O. The Labute approximate surface area is 161 Å². The van der Waals surface area contributed by atoms with Gasteiger partial charge in [0, 0.05) is 11.9 Å². The zero-order chi connectivity index (χ0) is 19.8. The third kappa shape index (κ3) is 2.94. The van der Waals surface area contributed by atoms with Crippen LogP contribution in [0.15, 0.2) is 57.5 Å². The second-order valence-corrected chi connectivity index (χ2v) is 6.96. The van der Waals surface area contributed by atoms with Crippen LogP contribution in [0.3, 0.4) is 0 Å². The Bertz CT molecular complexity index is 1270. The van der Waals surface area contributed by atoms with Gasteiger partial charge in [-0.05, 0) is 42.7 Å². The number of benzene rings is 2. The molecule has 28 heavy (non-hydrogen) atoms. The van der Waals surface area contributed by atoms with Crippen molar-refractivity contribution in [3.8, 4) is 5.88 Å². The minimum atomic E-state index is -0.160. The molecule has 0 radical (unpaired) electrons. The van der Waals surface area contributed by atoms with Crippen LogP contribution in [-0.4, -0.2) is 19.6 Å². The maximum absolute atomic E-state index is 12.7. The third-order valence-corrected chi connectivity index (χ3v) is 4.84. The number of aromatic hydroxyl groups is 1. The molecule has 0 fully saturated rings. The van der Waals surface area contributed by atoms with Gasteiger partial charge in [-0.1, -0.05) is 32.0 Å². The first-order valence-corrected chi connectivity index (χ1v) is 9.25. The summed E-state index contributed by atoms with van der Waals surface area (Å²) in [6.07, 6.45) is 0. The van der Waals surface area contributed by atoms with E-state index in [1.165, 1.54) is 4.57 Å². The molecule has 0 aliphatic rings. The van der Waals surface area contributed by atoms with Gasteiger partial charge in [0.15, 0.2) is 5.69 Å². The minimum absolute atomic E-state index is 0.0640. The Kier molecular flexibility index (Phi) is 4.43. The van der Waals surface area contributed by atoms with E-state index < -0.39 is 0 Å². The quantitative estimate of drug-likeness (QED) is 0.483. The molecule has 0 atom stereocenters. The van der Waals surface area contributed by atoms with Crippen molar-refractivity contribution in [2.75, 3.05) is 0 Å². The Morgan fingerprint density at radius 3 is 2.68 bits per heavy atom. The zero-order valence-electron chi connectivity index (χ0n) is 16.0. The van der Waals surface area contributed by atoms with E-state index in [0.29, 0.717) is 29.1 Å².